The molecule has 0 aliphatic carbocycles. The topological polar surface area (TPSA) is 414 Å². The van der Waals surface area contributed by atoms with Crippen LogP contribution in [-0.2, 0) is 129 Å². The molecule has 0 saturated heterocycles. The van der Waals surface area contributed by atoms with Crippen LogP contribution in [0.25, 0.3) is 0 Å². The number of ether oxygens (including phenoxy) is 3. The number of sulfonamides is 2. The van der Waals surface area contributed by atoms with E-state index in [-0.39, 0.29) is 40.2 Å². The maximum Gasteiger partial charge on any atom is 0.374 e. The zero-order valence-corrected chi connectivity index (χ0v) is 76.1. The van der Waals surface area contributed by atoms with Crippen molar-refractivity contribution in [1.29, 1.82) is 0 Å². The molecule has 98 heavy (non-hydrogen) atoms. The minimum Gasteiger partial charge on any atom is -0.491 e. The van der Waals surface area contributed by atoms with Gasteiger partial charge < -0.3 is 39.4 Å². The molecule has 31 nitrogen and oxygen atoms in total. The average molecular weight is 1670 g/mol. The smallest absolute Gasteiger partial charge is 0.374 e. The molecular weight excluding hydrogens is 1550 g/mol. The van der Waals surface area contributed by atoms with Gasteiger partial charge in [0.15, 0.2) is 32.8 Å². The molecule has 3 atom stereocenters. The number of nitrogens with one attached hydrogen (secondary N) is 4. The molecule has 0 aliphatic heterocycles. The molecule has 0 fully saturated rings. The highest BCUT2D eigenvalue weighted by Crippen LogP contribution is 1.93. The number of methoxy groups -OCH3 is 3. The Bertz CT molecular complexity index is 2250. The number of Topliss-reactive ketones (excluding diaryl/α,β-unsaturated/α-hetero) is 4. The number of esters is 2. The molecule has 596 valence electrons. The monoisotopic (exact) mass is 1670 g/mol. The fourth-order valence-corrected chi connectivity index (χ4v) is 0.144. The summed E-state index contributed by atoms with van der Waals surface area (Å²) in [6.07, 6.45) is 11.7. The van der Waals surface area contributed by atoms with E-state index < -0.39 is 75.0 Å². The third-order valence-electron chi connectivity index (χ3n) is 6.46. The molecule has 0 aliphatic rings. The first kappa shape index (κ1) is 141. The van der Waals surface area contributed by atoms with Crippen LogP contribution < -0.4 is 20.1 Å². The number of hydrogen-bond donors (Lipinski definition) is 4. The first-order valence-electron chi connectivity index (χ1n) is 26.3. The molecule has 0 saturated carbocycles. The Balaban J connectivity index is -0.0000000433. The van der Waals surface area contributed by atoms with Crippen LogP contribution in [0.1, 0.15) is 104 Å². The Hall–Kier alpha value is -3.16. The van der Waals surface area contributed by atoms with Crippen molar-refractivity contribution >= 4 is 224 Å². The van der Waals surface area contributed by atoms with E-state index >= 15 is 0 Å². The SMILES string of the molecule is CC(=O)C(C)=O.CC(=O)N(C)C.CC(=S)N(C)C.CC(C)=O.CC(C)=S.CN(C)S(C)(=O)=O.CN(C)S(C)=O.CNC(C)=O.CNC(C)=S.CNS(C)(=O)=O.CNS(C)=O.COC(=O)C(C)=O.COC(C)=O.COC(C)=S.COS(C)(=O)=O.COS(C)=O.CSC(C)=O.CSC(C)=S. The molecular formula is C54H124N8O23S13. The number of hydrogen-bond acceptors (Lipinski definition) is 30. The van der Waals surface area contributed by atoms with Crippen molar-refractivity contribution in [3.05, 3.63) is 0 Å². The van der Waals surface area contributed by atoms with Crippen LogP contribution in [0.2, 0.25) is 0 Å². The number of amides is 2. The minimum atomic E-state index is -3.16. The molecule has 44 heteroatoms. The van der Waals surface area contributed by atoms with Crippen LogP contribution in [0.3, 0.4) is 0 Å². The second-order valence-electron chi connectivity index (χ2n) is 17.1. The second kappa shape index (κ2) is 102. The van der Waals surface area contributed by atoms with Crippen molar-refractivity contribution in [2.45, 2.75) is 104 Å². The Kier molecular flexibility index (Phi) is 148. The lowest BCUT2D eigenvalue weighted by Gasteiger charge is -2.06. The highest BCUT2D eigenvalue weighted by atomic mass is 32.2. The highest BCUT2D eigenvalue weighted by molar-refractivity contribution is 8.22. The summed E-state index contributed by atoms with van der Waals surface area (Å²) >= 11 is 24.8. The molecule has 3 unspecified atom stereocenters. The van der Waals surface area contributed by atoms with Crippen molar-refractivity contribution in [1.82, 2.24) is 38.5 Å². The summed E-state index contributed by atoms with van der Waals surface area (Å²) in [5.74, 6) is -2.10. The van der Waals surface area contributed by atoms with E-state index in [1.165, 1.54) is 114 Å². The van der Waals surface area contributed by atoms with Gasteiger partial charge in [0.2, 0.25) is 37.6 Å². The maximum absolute atomic E-state index is 10.3. The lowest BCUT2D eigenvalue weighted by atomic mass is 10.3. The van der Waals surface area contributed by atoms with Gasteiger partial charge in [-0.3, -0.25) is 41.9 Å². The van der Waals surface area contributed by atoms with Gasteiger partial charge >= 0.3 is 11.9 Å². The quantitative estimate of drug-likeness (QED) is 0.113. The molecule has 0 aromatic heterocycles. The molecule has 0 heterocycles. The van der Waals surface area contributed by atoms with Crippen molar-refractivity contribution in [3.8, 4) is 0 Å². The number of thiocarbonyl (C=S) groups is 5. The largest absolute Gasteiger partial charge is 0.491 e. The van der Waals surface area contributed by atoms with Crippen LogP contribution in [0.5, 0.6) is 0 Å². The highest BCUT2D eigenvalue weighted by Gasteiger charge is 2.03. The molecule has 0 spiro atoms. The molecule has 2 amide bonds. The molecule has 0 radical (unpaired) electrons. The fourth-order valence-electron chi connectivity index (χ4n) is 0.144. The van der Waals surface area contributed by atoms with E-state index in [1.807, 2.05) is 66.9 Å². The van der Waals surface area contributed by atoms with Gasteiger partial charge in [0.1, 0.15) is 5.78 Å². The van der Waals surface area contributed by atoms with Gasteiger partial charge in [-0.05, 0) is 106 Å². The van der Waals surface area contributed by atoms with E-state index in [1.54, 1.807) is 98.1 Å². The maximum atomic E-state index is 10.3. The molecule has 0 aromatic carbocycles. The number of nitrogens with zero attached hydrogens (tertiary/aromatic N) is 4. The van der Waals surface area contributed by atoms with E-state index in [4.69, 9.17) is 12.2 Å². The van der Waals surface area contributed by atoms with Crippen LogP contribution in [0, 0.1) is 0 Å². The number of carbonyl (C=O) groups is 9. The summed E-state index contributed by atoms with van der Waals surface area (Å²) in [5.41, 5.74) is 0. The summed E-state index contributed by atoms with van der Waals surface area (Å²) < 4.78 is 119. The summed E-state index contributed by atoms with van der Waals surface area (Å²) in [7, 11) is 16.3. The first-order valence-corrected chi connectivity index (χ1v) is 40.9. The third kappa shape index (κ3) is 357. The molecule has 4 N–H and O–H groups in total. The summed E-state index contributed by atoms with van der Waals surface area (Å²) in [6, 6.07) is 0. The minimum absolute atomic E-state index is 0.00463. The zero-order valence-electron chi connectivity index (χ0n) is 65.5. The zero-order chi connectivity index (χ0) is 84.4. The normalized spacial score (nSPS) is 9.45. The molecule has 0 rings (SSSR count). The van der Waals surface area contributed by atoms with Crippen molar-refractivity contribution < 1.29 is 104 Å². The van der Waals surface area contributed by atoms with Crippen LogP contribution in [-0.4, -0.2) is 303 Å². The second-order valence-corrected chi connectivity index (χ2v) is 32.4. The van der Waals surface area contributed by atoms with Crippen molar-refractivity contribution in [2.75, 3.05) is 170 Å². The van der Waals surface area contributed by atoms with Gasteiger partial charge in [0.05, 0.1) is 86.3 Å². The van der Waals surface area contributed by atoms with Crippen LogP contribution >= 0.6 is 84.6 Å². The Morgan fingerprint density at radius 1 is 0.500 bits per heavy atom. The van der Waals surface area contributed by atoms with Gasteiger partial charge in [0.25, 0.3) is 10.1 Å². The third-order valence-corrected chi connectivity index (χ3v) is 13.6. The Labute approximate surface area is 634 Å². The van der Waals surface area contributed by atoms with Crippen LogP contribution in [0.15, 0.2) is 0 Å². The van der Waals surface area contributed by atoms with Crippen molar-refractivity contribution in [3.63, 3.8) is 0 Å². The molecule has 0 bridgehead atoms. The van der Waals surface area contributed by atoms with Gasteiger partial charge in [-0.1, -0.05) is 60.6 Å². The number of thioether (sulfide) groups is 2. The number of ketones is 4. The van der Waals surface area contributed by atoms with Crippen molar-refractivity contribution in [2.24, 2.45) is 0 Å². The number of carbonyl (C=O) groups excluding carboxylic acids is 9. The van der Waals surface area contributed by atoms with Gasteiger partial charge in [-0.25, -0.2) is 52.3 Å². The average Bonchev–Trinajstić information content (AvgIpc) is 3.45. The van der Waals surface area contributed by atoms with Gasteiger partial charge in [-0.2, -0.15) is 8.42 Å². The Morgan fingerprint density at radius 2 is 0.684 bits per heavy atom. The molecule has 0 aromatic rings. The summed E-state index contributed by atoms with van der Waals surface area (Å²) in [4.78, 5) is 94.2. The number of rotatable bonds is 8. The Morgan fingerprint density at radius 3 is 0.684 bits per heavy atom. The van der Waals surface area contributed by atoms with E-state index in [0.29, 0.717) is 5.05 Å². The summed E-state index contributed by atoms with van der Waals surface area (Å²) in [5, 5.41) is 5.91. The standard InChI is InChI=1S/C4H9NO.C4H9NS.C4H6O3.C4H6O2.C3H9NO2S.C3H9NOS.C3H7NO.C3H7NS.C3H6O2.2C3H6OS.C3H6O.C3H6S2.C3H6S.C2H7NO2S.C2H7NOS.C2H6O3S.C2H6O2S/c2*1-4(6)5(2)3;1-3(5)4(6)7-2;1-3(5)4(2)6;1-4(2)7(3,5)6;1-4(2)6(3)5;2*1-3(5)4-2;2*1-3(4)5-2;1-3(5)4-2;1-3(2)4;1-3(4)5-2;1-3(2)4;1-3-6(2,4)5;1-3-5(2)4;1-5-6(2,3)4;1-4-5(2)3/h2*1-3H3;1-2H3;1-2H3;1-3H3;1-3H3;2*1-2H3,(H,4,5);3*1-2H3;1-2H3;1-2H3;1-2H3;3H,1-2H3;3H,1-2H3;1-2H3;1-2H3. The van der Waals surface area contributed by atoms with Gasteiger partial charge in [0, 0.05) is 135 Å². The van der Waals surface area contributed by atoms with E-state index in [0.717, 1.165) is 56.1 Å². The summed E-state index contributed by atoms with van der Waals surface area (Å²) in [6.45, 7) is 23.8. The van der Waals surface area contributed by atoms with E-state index in [9.17, 15) is 81.0 Å². The lowest BCUT2D eigenvalue weighted by molar-refractivity contribution is -0.150. The fraction of sp³-hybridized carbons (Fsp3) is 0.741. The lowest BCUT2D eigenvalue weighted by Crippen LogP contribution is -2.19. The van der Waals surface area contributed by atoms with E-state index in [2.05, 4.69) is 91.5 Å². The van der Waals surface area contributed by atoms with Crippen LogP contribution in [0.4, 0.5) is 0 Å². The first-order chi connectivity index (χ1) is 43.4. The predicted molar refractivity (Wildman–Crippen MR) is 433 cm³/mol. The predicted octanol–water partition coefficient (Wildman–Crippen LogP) is 4.48. The van der Waals surface area contributed by atoms with Gasteiger partial charge in [-0.15, -0.1) is 11.8 Å².